The van der Waals surface area contributed by atoms with Gasteiger partial charge in [-0.1, -0.05) is 0 Å². The van der Waals surface area contributed by atoms with Crippen molar-refractivity contribution in [1.29, 1.82) is 5.26 Å². The van der Waals surface area contributed by atoms with Crippen molar-refractivity contribution in [1.82, 2.24) is 0 Å². The van der Waals surface area contributed by atoms with E-state index >= 15 is 0 Å². The van der Waals surface area contributed by atoms with Crippen molar-refractivity contribution in [3.8, 4) is 11.8 Å². The number of hydrogen-bond acceptors (Lipinski definition) is 4. The number of aromatic hydroxyl groups is 1. The molecule has 0 fully saturated rings. The molecule has 0 bridgehead atoms. The minimum Gasteiger partial charge on any atom is -0.508 e. The summed E-state index contributed by atoms with van der Waals surface area (Å²) in [5.74, 6) is 1.29. The Kier molecular flexibility index (Phi) is 3.01. The summed E-state index contributed by atoms with van der Waals surface area (Å²) >= 11 is 0. The standard InChI is InChI=1S/C13H12N2O2/c1-9-6-10(2-5-13(9)16)15-8-12-4-3-11(7-14)17-12/h2-6,15-16H,8H2,1H3. The Morgan fingerprint density at radius 3 is 2.82 bits per heavy atom. The number of nitriles is 1. The molecule has 0 aliphatic rings. The van der Waals surface area contributed by atoms with Gasteiger partial charge in [-0.25, -0.2) is 0 Å². The van der Waals surface area contributed by atoms with Crippen LogP contribution in [0, 0.1) is 18.3 Å². The molecule has 0 unspecified atom stereocenters. The number of rotatable bonds is 3. The van der Waals surface area contributed by atoms with Crippen LogP contribution in [0.15, 0.2) is 34.7 Å². The van der Waals surface area contributed by atoms with Crippen LogP contribution in [0.3, 0.4) is 0 Å². The molecule has 4 heteroatoms. The first-order valence-electron chi connectivity index (χ1n) is 5.21. The lowest BCUT2D eigenvalue weighted by atomic mass is 10.2. The monoisotopic (exact) mass is 228 g/mol. The minimum atomic E-state index is 0.278. The first-order valence-corrected chi connectivity index (χ1v) is 5.21. The van der Waals surface area contributed by atoms with E-state index in [0.29, 0.717) is 18.1 Å². The largest absolute Gasteiger partial charge is 0.508 e. The first-order chi connectivity index (χ1) is 8.19. The fourth-order valence-electron chi connectivity index (χ4n) is 1.49. The number of benzene rings is 1. The highest BCUT2D eigenvalue weighted by Gasteiger charge is 2.02. The van der Waals surface area contributed by atoms with E-state index in [0.717, 1.165) is 11.3 Å². The van der Waals surface area contributed by atoms with E-state index < -0.39 is 0 Å². The maximum absolute atomic E-state index is 9.38. The molecule has 0 radical (unpaired) electrons. The fraction of sp³-hybridized carbons (Fsp3) is 0.154. The Morgan fingerprint density at radius 2 is 2.18 bits per heavy atom. The zero-order valence-electron chi connectivity index (χ0n) is 9.40. The van der Waals surface area contributed by atoms with Gasteiger partial charge in [0.2, 0.25) is 5.76 Å². The van der Waals surface area contributed by atoms with Crippen LogP contribution < -0.4 is 5.32 Å². The average Bonchev–Trinajstić information content (AvgIpc) is 2.79. The first kappa shape index (κ1) is 11.1. The molecule has 1 aromatic carbocycles. The number of phenols is 1. The Hall–Kier alpha value is -2.41. The van der Waals surface area contributed by atoms with Gasteiger partial charge >= 0.3 is 0 Å². The molecule has 2 rings (SSSR count). The van der Waals surface area contributed by atoms with Crippen LogP contribution in [0.1, 0.15) is 17.1 Å². The highest BCUT2D eigenvalue weighted by atomic mass is 16.3. The number of phenolic OH excluding ortho intramolecular Hbond substituents is 1. The number of aryl methyl sites for hydroxylation is 1. The lowest BCUT2D eigenvalue weighted by Crippen LogP contribution is -1.98. The number of nitrogens with zero attached hydrogens (tertiary/aromatic N) is 1. The number of nitrogens with one attached hydrogen (secondary N) is 1. The highest BCUT2D eigenvalue weighted by molar-refractivity contribution is 5.50. The lowest BCUT2D eigenvalue weighted by molar-refractivity contribution is 0.471. The molecule has 0 saturated heterocycles. The molecular formula is C13H12N2O2. The van der Waals surface area contributed by atoms with Crippen molar-refractivity contribution in [3.63, 3.8) is 0 Å². The number of furan rings is 1. The molecule has 0 aliphatic carbocycles. The minimum absolute atomic E-state index is 0.278. The van der Waals surface area contributed by atoms with Gasteiger partial charge in [-0.15, -0.1) is 0 Å². The number of hydrogen-bond donors (Lipinski definition) is 2. The van der Waals surface area contributed by atoms with E-state index in [-0.39, 0.29) is 5.75 Å². The van der Waals surface area contributed by atoms with Crippen molar-refractivity contribution in [2.45, 2.75) is 13.5 Å². The zero-order chi connectivity index (χ0) is 12.3. The van der Waals surface area contributed by atoms with Gasteiger partial charge in [-0.3, -0.25) is 0 Å². The van der Waals surface area contributed by atoms with Crippen LogP contribution >= 0.6 is 0 Å². The second-order valence-electron chi connectivity index (χ2n) is 3.73. The van der Waals surface area contributed by atoms with Crippen LogP contribution in [0.4, 0.5) is 5.69 Å². The quantitative estimate of drug-likeness (QED) is 0.792. The van der Waals surface area contributed by atoms with Gasteiger partial charge in [0.05, 0.1) is 6.54 Å². The third kappa shape index (κ3) is 2.58. The van der Waals surface area contributed by atoms with Crippen LogP contribution in [0.2, 0.25) is 0 Å². The van der Waals surface area contributed by atoms with Gasteiger partial charge in [-0.05, 0) is 42.8 Å². The van der Waals surface area contributed by atoms with E-state index in [1.807, 2.05) is 19.1 Å². The molecule has 2 N–H and O–H groups in total. The van der Waals surface area contributed by atoms with E-state index in [4.69, 9.17) is 9.68 Å². The van der Waals surface area contributed by atoms with Crippen molar-refractivity contribution in [2.75, 3.05) is 5.32 Å². The molecule has 2 aromatic rings. The van der Waals surface area contributed by atoms with Gasteiger partial charge in [0.1, 0.15) is 17.6 Å². The lowest BCUT2D eigenvalue weighted by Gasteiger charge is -2.06. The van der Waals surface area contributed by atoms with Crippen LogP contribution in [-0.2, 0) is 6.54 Å². The smallest absolute Gasteiger partial charge is 0.203 e. The number of anilines is 1. The maximum Gasteiger partial charge on any atom is 0.203 e. The predicted octanol–water partition coefficient (Wildman–Crippen LogP) is 2.78. The average molecular weight is 228 g/mol. The van der Waals surface area contributed by atoms with Crippen molar-refractivity contribution in [3.05, 3.63) is 47.4 Å². The summed E-state index contributed by atoms with van der Waals surface area (Å²) in [5, 5.41) is 21.1. The summed E-state index contributed by atoms with van der Waals surface area (Å²) < 4.78 is 5.24. The topological polar surface area (TPSA) is 69.2 Å². The van der Waals surface area contributed by atoms with Gasteiger partial charge in [-0.2, -0.15) is 5.26 Å². The van der Waals surface area contributed by atoms with E-state index in [1.165, 1.54) is 0 Å². The SMILES string of the molecule is Cc1cc(NCc2ccc(C#N)o2)ccc1O. The molecule has 0 atom stereocenters. The third-order valence-corrected chi connectivity index (χ3v) is 2.44. The molecule has 0 aliphatic heterocycles. The van der Waals surface area contributed by atoms with E-state index in [2.05, 4.69) is 5.32 Å². The normalized spacial score (nSPS) is 9.88. The van der Waals surface area contributed by atoms with Crippen molar-refractivity contribution in [2.24, 2.45) is 0 Å². The molecule has 1 aromatic heterocycles. The van der Waals surface area contributed by atoms with Crippen LogP contribution in [-0.4, -0.2) is 5.11 Å². The summed E-state index contributed by atoms with van der Waals surface area (Å²) in [5.41, 5.74) is 1.71. The Balaban J connectivity index is 2.02. The van der Waals surface area contributed by atoms with E-state index in [9.17, 15) is 5.11 Å². The maximum atomic E-state index is 9.38. The molecule has 0 amide bonds. The second-order valence-corrected chi connectivity index (χ2v) is 3.73. The van der Waals surface area contributed by atoms with Crippen molar-refractivity contribution < 1.29 is 9.52 Å². The zero-order valence-corrected chi connectivity index (χ0v) is 9.40. The Bertz CT molecular complexity index is 567. The highest BCUT2D eigenvalue weighted by Crippen LogP contribution is 2.20. The summed E-state index contributed by atoms with van der Waals surface area (Å²) in [6, 6.07) is 10.6. The van der Waals surface area contributed by atoms with Gasteiger partial charge in [0.15, 0.2) is 0 Å². The Labute approximate surface area is 99.1 Å². The Morgan fingerprint density at radius 1 is 1.35 bits per heavy atom. The van der Waals surface area contributed by atoms with Gasteiger partial charge in [0.25, 0.3) is 0 Å². The summed E-state index contributed by atoms with van der Waals surface area (Å²) in [6.45, 7) is 2.34. The summed E-state index contributed by atoms with van der Waals surface area (Å²) in [7, 11) is 0. The van der Waals surface area contributed by atoms with Gasteiger partial charge < -0.3 is 14.8 Å². The molecule has 86 valence electrons. The fourth-order valence-corrected chi connectivity index (χ4v) is 1.49. The molecule has 1 heterocycles. The predicted molar refractivity (Wildman–Crippen MR) is 63.6 cm³/mol. The third-order valence-electron chi connectivity index (χ3n) is 2.44. The molecular weight excluding hydrogens is 216 g/mol. The summed E-state index contributed by atoms with van der Waals surface area (Å²) in [6.07, 6.45) is 0. The molecule has 0 saturated carbocycles. The second kappa shape index (κ2) is 4.62. The van der Waals surface area contributed by atoms with Crippen LogP contribution in [0.5, 0.6) is 5.75 Å². The van der Waals surface area contributed by atoms with Crippen molar-refractivity contribution >= 4 is 5.69 Å². The molecule has 17 heavy (non-hydrogen) atoms. The summed E-state index contributed by atoms with van der Waals surface area (Å²) in [4.78, 5) is 0. The van der Waals surface area contributed by atoms with Gasteiger partial charge in [0, 0.05) is 5.69 Å². The van der Waals surface area contributed by atoms with E-state index in [1.54, 1.807) is 24.3 Å². The molecule has 0 spiro atoms. The van der Waals surface area contributed by atoms with Crippen LogP contribution in [0.25, 0.3) is 0 Å². The molecule has 4 nitrogen and oxygen atoms in total.